The zero-order valence-electron chi connectivity index (χ0n) is 16.1. The molecule has 0 saturated carbocycles. The van der Waals surface area contributed by atoms with Crippen LogP contribution in [0.15, 0.2) is 66.3 Å². The van der Waals surface area contributed by atoms with E-state index >= 15 is 0 Å². The number of thioether (sulfide) groups is 1. The van der Waals surface area contributed by atoms with Crippen LogP contribution < -0.4 is 10.1 Å². The van der Waals surface area contributed by atoms with E-state index in [9.17, 15) is 9.18 Å². The van der Waals surface area contributed by atoms with Crippen molar-refractivity contribution >= 4 is 29.3 Å². The van der Waals surface area contributed by atoms with Gasteiger partial charge in [-0.05, 0) is 36.4 Å². The molecule has 0 radical (unpaired) electrons. The maximum atomic E-state index is 14.1. The second-order valence-electron chi connectivity index (χ2n) is 6.13. The van der Waals surface area contributed by atoms with Crippen molar-refractivity contribution in [2.75, 3.05) is 18.9 Å². The van der Waals surface area contributed by atoms with Crippen molar-refractivity contribution in [1.82, 2.24) is 20.1 Å². The van der Waals surface area contributed by atoms with Crippen molar-refractivity contribution in [3.63, 3.8) is 0 Å². The van der Waals surface area contributed by atoms with E-state index in [1.54, 1.807) is 53.1 Å². The number of rotatable bonds is 10. The lowest BCUT2D eigenvalue weighted by Gasteiger charge is -2.09. The Morgan fingerprint density at radius 3 is 2.73 bits per heavy atom. The summed E-state index contributed by atoms with van der Waals surface area (Å²) in [5.41, 5.74) is 0.350. The molecule has 1 N–H and O–H groups in total. The average molecular weight is 447 g/mol. The van der Waals surface area contributed by atoms with Gasteiger partial charge in [0.1, 0.15) is 18.2 Å². The fraction of sp³-hybridized carbons (Fsp3) is 0.190. The molecule has 0 aliphatic rings. The molecule has 30 heavy (non-hydrogen) atoms. The third-order valence-electron chi connectivity index (χ3n) is 3.98. The average Bonchev–Trinajstić information content (AvgIpc) is 3.14. The third-order valence-corrected chi connectivity index (χ3v) is 5.20. The summed E-state index contributed by atoms with van der Waals surface area (Å²) in [6.07, 6.45) is 1.67. The van der Waals surface area contributed by atoms with Gasteiger partial charge in [0.2, 0.25) is 5.91 Å². The summed E-state index contributed by atoms with van der Waals surface area (Å²) in [7, 11) is 0. The molecule has 0 atom stereocenters. The van der Waals surface area contributed by atoms with Crippen molar-refractivity contribution in [3.8, 4) is 17.1 Å². The molecule has 3 aromatic rings. The number of hydrogen-bond donors (Lipinski definition) is 1. The predicted molar refractivity (Wildman–Crippen MR) is 116 cm³/mol. The molecular formula is C21H20ClFN4O2S. The van der Waals surface area contributed by atoms with Gasteiger partial charge in [0, 0.05) is 11.6 Å². The van der Waals surface area contributed by atoms with Crippen LogP contribution >= 0.6 is 23.4 Å². The molecule has 3 rings (SSSR count). The molecule has 156 valence electrons. The van der Waals surface area contributed by atoms with Gasteiger partial charge in [0.05, 0.1) is 17.9 Å². The Hall–Kier alpha value is -2.84. The molecular weight excluding hydrogens is 427 g/mol. The minimum Gasteiger partial charge on any atom is -0.492 e. The SMILES string of the molecule is C=CCn1c(SCC(=O)NCCOc2ccc(Cl)cc2)nnc1-c1ccccc1F. The van der Waals surface area contributed by atoms with Gasteiger partial charge in [-0.1, -0.05) is 41.6 Å². The van der Waals surface area contributed by atoms with E-state index in [2.05, 4.69) is 22.1 Å². The quantitative estimate of drug-likeness (QED) is 0.287. The molecule has 0 fully saturated rings. The van der Waals surface area contributed by atoms with Gasteiger partial charge in [0.15, 0.2) is 11.0 Å². The Morgan fingerprint density at radius 1 is 1.23 bits per heavy atom. The maximum Gasteiger partial charge on any atom is 0.230 e. The van der Waals surface area contributed by atoms with Crippen molar-refractivity contribution in [2.45, 2.75) is 11.7 Å². The highest BCUT2D eigenvalue weighted by Crippen LogP contribution is 2.25. The molecule has 2 aromatic carbocycles. The first-order valence-corrected chi connectivity index (χ1v) is 10.5. The topological polar surface area (TPSA) is 69.0 Å². The van der Waals surface area contributed by atoms with Crippen LogP contribution in [0.1, 0.15) is 0 Å². The Morgan fingerprint density at radius 2 is 2.00 bits per heavy atom. The summed E-state index contributed by atoms with van der Waals surface area (Å²) in [6, 6.07) is 13.4. The van der Waals surface area contributed by atoms with Gasteiger partial charge >= 0.3 is 0 Å². The fourth-order valence-corrected chi connectivity index (χ4v) is 3.51. The lowest BCUT2D eigenvalue weighted by molar-refractivity contribution is -0.118. The van der Waals surface area contributed by atoms with Crippen LogP contribution in [-0.4, -0.2) is 39.6 Å². The lowest BCUT2D eigenvalue weighted by Crippen LogP contribution is -2.29. The van der Waals surface area contributed by atoms with Gasteiger partial charge < -0.3 is 10.1 Å². The lowest BCUT2D eigenvalue weighted by atomic mass is 10.2. The molecule has 0 saturated heterocycles. The van der Waals surface area contributed by atoms with Crippen LogP contribution in [-0.2, 0) is 11.3 Å². The largest absolute Gasteiger partial charge is 0.492 e. The molecule has 0 aliphatic carbocycles. The molecule has 9 heteroatoms. The number of hydrogen-bond acceptors (Lipinski definition) is 5. The molecule has 1 amide bonds. The zero-order chi connectivity index (χ0) is 21.3. The molecule has 0 bridgehead atoms. The number of carbonyl (C=O) groups is 1. The van der Waals surface area contributed by atoms with E-state index in [4.69, 9.17) is 16.3 Å². The van der Waals surface area contributed by atoms with Gasteiger partial charge in [-0.2, -0.15) is 0 Å². The summed E-state index contributed by atoms with van der Waals surface area (Å²) in [5, 5.41) is 12.1. The molecule has 0 aliphatic heterocycles. The van der Waals surface area contributed by atoms with Crippen molar-refractivity contribution < 1.29 is 13.9 Å². The van der Waals surface area contributed by atoms with E-state index in [1.807, 2.05) is 0 Å². The predicted octanol–water partition coefficient (Wildman–Crippen LogP) is 4.21. The van der Waals surface area contributed by atoms with Crippen LogP contribution in [0.5, 0.6) is 5.75 Å². The first-order valence-electron chi connectivity index (χ1n) is 9.15. The molecule has 0 spiro atoms. The van der Waals surface area contributed by atoms with E-state index < -0.39 is 0 Å². The smallest absolute Gasteiger partial charge is 0.230 e. The number of nitrogens with zero attached hydrogens (tertiary/aromatic N) is 3. The molecule has 6 nitrogen and oxygen atoms in total. The minimum atomic E-state index is -0.384. The van der Waals surface area contributed by atoms with Gasteiger partial charge in [-0.25, -0.2) is 4.39 Å². The van der Waals surface area contributed by atoms with E-state index in [1.165, 1.54) is 17.8 Å². The summed E-state index contributed by atoms with van der Waals surface area (Å²) >= 11 is 7.05. The number of carbonyl (C=O) groups excluding carboxylic acids is 1. The van der Waals surface area contributed by atoms with E-state index in [0.29, 0.717) is 47.0 Å². The summed E-state index contributed by atoms with van der Waals surface area (Å²) in [6.45, 7) is 4.83. The second-order valence-corrected chi connectivity index (χ2v) is 7.51. The van der Waals surface area contributed by atoms with Crippen LogP contribution in [0.2, 0.25) is 5.02 Å². The second kappa shape index (κ2) is 10.8. The highest BCUT2D eigenvalue weighted by molar-refractivity contribution is 7.99. The van der Waals surface area contributed by atoms with Crippen LogP contribution in [0.4, 0.5) is 4.39 Å². The number of nitrogens with one attached hydrogen (secondary N) is 1. The molecule has 1 aromatic heterocycles. The Labute approximate surface area is 183 Å². The number of ether oxygens (including phenoxy) is 1. The molecule has 0 unspecified atom stereocenters. The summed E-state index contributed by atoms with van der Waals surface area (Å²) < 4.78 is 21.4. The van der Waals surface area contributed by atoms with Crippen molar-refractivity contribution in [2.24, 2.45) is 0 Å². The number of benzene rings is 2. The number of allylic oxidation sites excluding steroid dienone is 1. The van der Waals surface area contributed by atoms with Crippen molar-refractivity contribution in [1.29, 1.82) is 0 Å². The Bertz CT molecular complexity index is 1010. The van der Waals surface area contributed by atoms with Crippen molar-refractivity contribution in [3.05, 3.63) is 72.0 Å². The fourth-order valence-electron chi connectivity index (χ4n) is 2.60. The highest BCUT2D eigenvalue weighted by atomic mass is 35.5. The van der Waals surface area contributed by atoms with Crippen LogP contribution in [0.3, 0.4) is 0 Å². The van der Waals surface area contributed by atoms with E-state index in [0.717, 1.165) is 0 Å². The Kier molecular flexibility index (Phi) is 7.87. The first-order chi connectivity index (χ1) is 14.6. The Balaban J connectivity index is 1.52. The number of amides is 1. The first kappa shape index (κ1) is 21.9. The molecule has 1 heterocycles. The van der Waals surface area contributed by atoms with E-state index in [-0.39, 0.29) is 17.5 Å². The highest BCUT2D eigenvalue weighted by Gasteiger charge is 2.17. The summed E-state index contributed by atoms with van der Waals surface area (Å²) in [4.78, 5) is 12.1. The normalized spacial score (nSPS) is 10.6. The third kappa shape index (κ3) is 5.84. The number of aromatic nitrogens is 3. The maximum absolute atomic E-state index is 14.1. The number of halogens is 2. The van der Waals surface area contributed by atoms with Gasteiger partial charge in [-0.15, -0.1) is 16.8 Å². The van der Waals surface area contributed by atoms with Gasteiger partial charge in [0.25, 0.3) is 0 Å². The standard InChI is InChI=1S/C21H20ClFN4O2S/c1-2-12-27-20(17-5-3-4-6-18(17)23)25-26-21(27)30-14-19(28)24-11-13-29-16-9-7-15(22)8-10-16/h2-10H,1,11-14H2,(H,24,28). The van der Waals surface area contributed by atoms with Crippen LogP contribution in [0, 0.1) is 5.82 Å². The zero-order valence-corrected chi connectivity index (χ0v) is 17.6. The minimum absolute atomic E-state index is 0.146. The monoisotopic (exact) mass is 446 g/mol. The van der Waals surface area contributed by atoms with Gasteiger partial charge in [-0.3, -0.25) is 9.36 Å². The van der Waals surface area contributed by atoms with Crippen LogP contribution in [0.25, 0.3) is 11.4 Å². The summed E-state index contributed by atoms with van der Waals surface area (Å²) in [5.74, 6) is 0.673.